The van der Waals surface area contributed by atoms with Crippen LogP contribution in [0, 0.1) is 5.92 Å². The van der Waals surface area contributed by atoms with E-state index in [1.165, 1.54) is 12.1 Å². The fourth-order valence-corrected chi connectivity index (χ4v) is 3.45. The van der Waals surface area contributed by atoms with E-state index >= 15 is 0 Å². The summed E-state index contributed by atoms with van der Waals surface area (Å²) in [7, 11) is 0. The fourth-order valence-electron chi connectivity index (χ4n) is 3.45. The molecule has 0 saturated carbocycles. The Morgan fingerprint density at radius 2 is 1.68 bits per heavy atom. The van der Waals surface area contributed by atoms with E-state index in [0.717, 1.165) is 17.7 Å². The number of alkyl halides is 3. The molecule has 0 aromatic heterocycles. The lowest BCUT2D eigenvalue weighted by atomic mass is 9.84. The van der Waals surface area contributed by atoms with Crippen molar-refractivity contribution in [1.29, 1.82) is 0 Å². The van der Waals surface area contributed by atoms with Crippen LogP contribution in [-0.4, -0.2) is 11.9 Å². The first-order valence-electron chi connectivity index (χ1n) is 9.71. The summed E-state index contributed by atoms with van der Waals surface area (Å²) in [5.41, 5.74) is 1.01. The molecule has 3 N–H and O–H groups in total. The molecule has 0 unspecified atom stereocenters. The van der Waals surface area contributed by atoms with Crippen LogP contribution in [0.15, 0.2) is 60.8 Å². The number of hydrogen-bond donors (Lipinski definition) is 3. The number of carbonyl (C=O) groups is 2. The van der Waals surface area contributed by atoms with E-state index in [1.807, 2.05) is 24.3 Å². The molecule has 1 aliphatic rings. The molecule has 0 radical (unpaired) electrons. The summed E-state index contributed by atoms with van der Waals surface area (Å²) in [5.74, 6) is -1.51. The zero-order valence-corrected chi connectivity index (χ0v) is 17.4. The maximum atomic E-state index is 13.0. The molecule has 1 fully saturated rings. The van der Waals surface area contributed by atoms with Crippen molar-refractivity contribution in [3.63, 3.8) is 0 Å². The Hall–Kier alpha value is -3.29. The van der Waals surface area contributed by atoms with Crippen molar-refractivity contribution >= 4 is 17.6 Å². The minimum Gasteiger partial charge on any atom is -0.330 e. The molecule has 3 rings (SSSR count). The van der Waals surface area contributed by atoms with Crippen LogP contribution in [0.1, 0.15) is 43.5 Å². The van der Waals surface area contributed by atoms with E-state index in [1.54, 1.807) is 0 Å². The fraction of sp³-hybridized carbons (Fsp3) is 0.304. The monoisotopic (exact) mass is 431 g/mol. The molecule has 1 saturated heterocycles. The van der Waals surface area contributed by atoms with Gasteiger partial charge in [-0.2, -0.15) is 13.2 Å². The average molecular weight is 431 g/mol. The molecule has 2 aromatic carbocycles. The highest BCUT2D eigenvalue weighted by Crippen LogP contribution is 2.34. The molecule has 0 bridgehead atoms. The summed E-state index contributed by atoms with van der Waals surface area (Å²) >= 11 is 0. The van der Waals surface area contributed by atoms with Crippen LogP contribution in [-0.2, 0) is 16.4 Å². The van der Waals surface area contributed by atoms with Gasteiger partial charge in [-0.3, -0.25) is 4.79 Å². The van der Waals surface area contributed by atoms with Gasteiger partial charge in [0.2, 0.25) is 5.91 Å². The van der Waals surface area contributed by atoms with E-state index in [-0.39, 0.29) is 16.8 Å². The average Bonchev–Trinajstić information content (AvgIpc) is 2.66. The molecule has 5 nitrogen and oxygen atoms in total. The molecule has 0 aliphatic carbocycles. The predicted molar refractivity (Wildman–Crippen MR) is 112 cm³/mol. The molecule has 1 aliphatic heterocycles. The molecule has 164 valence electrons. The van der Waals surface area contributed by atoms with Gasteiger partial charge in [0.25, 0.3) is 0 Å². The first kappa shape index (κ1) is 22.4. The summed E-state index contributed by atoms with van der Waals surface area (Å²) in [4.78, 5) is 25.0. The quantitative estimate of drug-likeness (QED) is 0.631. The molecule has 1 heterocycles. The van der Waals surface area contributed by atoms with Crippen LogP contribution in [0.5, 0.6) is 0 Å². The van der Waals surface area contributed by atoms with Crippen molar-refractivity contribution in [3.05, 3.63) is 77.5 Å². The SMILES string of the molecule is C=C1NC(=O)N[C@H](c2ccc(C(C)(C)C)cc2)[C@H]1C(=O)Nc1cccc(C(F)(F)F)c1. The standard InChI is InChI=1S/C23H24F3N3O2/c1-13-18(20(30)28-17-7-5-6-16(12-17)23(24,25)26)19(29-21(31)27-13)14-8-10-15(11-9-14)22(2,3)4/h5-12,18-19H,1H2,2-4H3,(H,28,30)(H2,27,29,31)/t18-,19+/m0/s1. The molecule has 3 amide bonds. The zero-order chi connectivity index (χ0) is 23.0. The molecule has 0 spiro atoms. The lowest BCUT2D eigenvalue weighted by Gasteiger charge is -2.34. The van der Waals surface area contributed by atoms with E-state index in [4.69, 9.17) is 0 Å². The Morgan fingerprint density at radius 3 is 2.26 bits per heavy atom. The third kappa shape index (κ3) is 5.07. The van der Waals surface area contributed by atoms with Crippen molar-refractivity contribution in [2.75, 3.05) is 5.32 Å². The van der Waals surface area contributed by atoms with Crippen LogP contribution >= 0.6 is 0 Å². The molecular weight excluding hydrogens is 407 g/mol. The van der Waals surface area contributed by atoms with Crippen LogP contribution in [0.2, 0.25) is 0 Å². The van der Waals surface area contributed by atoms with E-state index in [2.05, 4.69) is 43.3 Å². The predicted octanol–water partition coefficient (Wildman–Crippen LogP) is 5.13. The van der Waals surface area contributed by atoms with Gasteiger partial charge in [-0.25, -0.2) is 4.79 Å². The number of benzene rings is 2. The van der Waals surface area contributed by atoms with Gasteiger partial charge in [-0.05, 0) is 34.7 Å². The lowest BCUT2D eigenvalue weighted by Crippen LogP contribution is -2.51. The van der Waals surface area contributed by atoms with Crippen LogP contribution in [0.25, 0.3) is 0 Å². The minimum atomic E-state index is -4.53. The van der Waals surface area contributed by atoms with E-state index < -0.39 is 35.6 Å². The van der Waals surface area contributed by atoms with Gasteiger partial charge in [0.05, 0.1) is 11.6 Å². The van der Waals surface area contributed by atoms with E-state index in [0.29, 0.717) is 5.56 Å². The number of amides is 3. The number of urea groups is 1. The summed E-state index contributed by atoms with van der Waals surface area (Å²) < 4.78 is 38.9. The van der Waals surface area contributed by atoms with Crippen molar-refractivity contribution in [2.45, 2.75) is 38.4 Å². The number of halogens is 3. The van der Waals surface area contributed by atoms with Gasteiger partial charge in [0, 0.05) is 11.4 Å². The Morgan fingerprint density at radius 1 is 1.03 bits per heavy atom. The number of carbonyl (C=O) groups excluding carboxylic acids is 2. The lowest BCUT2D eigenvalue weighted by molar-refractivity contribution is -0.137. The smallest absolute Gasteiger partial charge is 0.330 e. The second-order valence-electron chi connectivity index (χ2n) is 8.52. The number of rotatable bonds is 3. The Balaban J connectivity index is 1.89. The topological polar surface area (TPSA) is 70.2 Å². The molecular formula is C23H24F3N3O2. The van der Waals surface area contributed by atoms with Gasteiger partial charge in [0.15, 0.2) is 0 Å². The van der Waals surface area contributed by atoms with Crippen molar-refractivity contribution in [2.24, 2.45) is 5.92 Å². The van der Waals surface area contributed by atoms with Gasteiger partial charge in [0.1, 0.15) is 5.92 Å². The summed E-state index contributed by atoms with van der Waals surface area (Å²) in [5, 5.41) is 7.72. The maximum absolute atomic E-state index is 13.0. The third-order valence-corrected chi connectivity index (χ3v) is 5.15. The van der Waals surface area contributed by atoms with Crippen LogP contribution in [0.3, 0.4) is 0 Å². The van der Waals surface area contributed by atoms with Crippen molar-refractivity contribution < 1.29 is 22.8 Å². The molecule has 8 heteroatoms. The number of nitrogens with one attached hydrogen (secondary N) is 3. The molecule has 2 aromatic rings. The third-order valence-electron chi connectivity index (χ3n) is 5.15. The van der Waals surface area contributed by atoms with Crippen LogP contribution in [0.4, 0.5) is 23.7 Å². The largest absolute Gasteiger partial charge is 0.416 e. The first-order valence-corrected chi connectivity index (χ1v) is 9.71. The van der Waals surface area contributed by atoms with Gasteiger partial charge >= 0.3 is 12.2 Å². The first-order chi connectivity index (χ1) is 14.4. The zero-order valence-electron chi connectivity index (χ0n) is 17.4. The Labute approximate surface area is 178 Å². The summed E-state index contributed by atoms with van der Waals surface area (Å²) in [6.45, 7) is 10.00. The minimum absolute atomic E-state index is 0.00588. The maximum Gasteiger partial charge on any atom is 0.416 e. The second kappa shape index (κ2) is 8.09. The summed E-state index contributed by atoms with van der Waals surface area (Å²) in [6.07, 6.45) is -4.53. The van der Waals surface area contributed by atoms with Gasteiger partial charge in [-0.15, -0.1) is 0 Å². The number of anilines is 1. The highest BCUT2D eigenvalue weighted by atomic mass is 19.4. The van der Waals surface area contributed by atoms with Crippen molar-refractivity contribution in [3.8, 4) is 0 Å². The molecule has 2 atom stereocenters. The van der Waals surface area contributed by atoms with Gasteiger partial charge < -0.3 is 16.0 Å². The normalized spacial score (nSPS) is 19.4. The Kier molecular flexibility index (Phi) is 5.85. The molecule has 31 heavy (non-hydrogen) atoms. The van der Waals surface area contributed by atoms with E-state index in [9.17, 15) is 22.8 Å². The second-order valence-corrected chi connectivity index (χ2v) is 8.52. The summed E-state index contributed by atoms with van der Waals surface area (Å²) in [6, 6.07) is 10.7. The number of hydrogen-bond acceptors (Lipinski definition) is 2. The van der Waals surface area contributed by atoms with Crippen molar-refractivity contribution in [1.82, 2.24) is 10.6 Å². The Bertz CT molecular complexity index is 1010. The highest BCUT2D eigenvalue weighted by Gasteiger charge is 2.38. The van der Waals surface area contributed by atoms with Crippen LogP contribution < -0.4 is 16.0 Å². The van der Waals surface area contributed by atoms with Gasteiger partial charge in [-0.1, -0.05) is 57.7 Å². The highest BCUT2D eigenvalue weighted by molar-refractivity contribution is 5.97.